The van der Waals surface area contributed by atoms with Crippen LogP contribution in [0.15, 0.2) is 24.5 Å². The number of thiazole rings is 1. The Morgan fingerprint density at radius 2 is 2.08 bits per heavy atom. The van der Waals surface area contributed by atoms with Crippen LogP contribution in [0.2, 0.25) is 0 Å². The maximum atomic E-state index is 11.4. The lowest BCUT2D eigenvalue weighted by atomic mass is 10.2. The minimum absolute atomic E-state index is 0.129. The molecule has 2 aromatic heterocycles. The molecule has 2 N–H and O–H groups in total. The van der Waals surface area contributed by atoms with Crippen molar-refractivity contribution in [3.63, 3.8) is 0 Å². The Labute approximate surface area is 142 Å². The maximum absolute atomic E-state index is 11.4. The van der Waals surface area contributed by atoms with Gasteiger partial charge in [-0.2, -0.15) is 0 Å². The third kappa shape index (κ3) is 3.25. The van der Waals surface area contributed by atoms with E-state index in [1.807, 2.05) is 32.0 Å². The van der Waals surface area contributed by atoms with Crippen molar-refractivity contribution in [2.75, 3.05) is 17.2 Å². The van der Waals surface area contributed by atoms with Crippen molar-refractivity contribution < 1.29 is 4.92 Å². The summed E-state index contributed by atoms with van der Waals surface area (Å²) in [5.41, 5.74) is 1.80. The lowest BCUT2D eigenvalue weighted by Crippen LogP contribution is -2.08. The Bertz CT molecular complexity index is 895. The predicted molar refractivity (Wildman–Crippen MR) is 95.1 cm³/mol. The normalized spacial score (nSPS) is 10.8. The zero-order valence-electron chi connectivity index (χ0n) is 13.2. The van der Waals surface area contributed by atoms with Crippen LogP contribution in [0.4, 0.5) is 22.5 Å². The van der Waals surface area contributed by atoms with Crippen LogP contribution in [0.25, 0.3) is 10.2 Å². The summed E-state index contributed by atoms with van der Waals surface area (Å²) in [5.74, 6) is 0.334. The Hall–Kier alpha value is -2.81. The molecule has 2 heterocycles. The van der Waals surface area contributed by atoms with E-state index >= 15 is 0 Å². The van der Waals surface area contributed by atoms with E-state index in [-0.39, 0.29) is 17.3 Å². The molecule has 24 heavy (non-hydrogen) atoms. The van der Waals surface area contributed by atoms with Crippen LogP contribution in [-0.4, -0.2) is 26.4 Å². The molecule has 3 aromatic rings. The fourth-order valence-corrected chi connectivity index (χ4v) is 3.17. The van der Waals surface area contributed by atoms with Gasteiger partial charge in [0.25, 0.3) is 0 Å². The van der Waals surface area contributed by atoms with Gasteiger partial charge in [0.2, 0.25) is 11.6 Å². The molecule has 0 fully saturated rings. The number of nitrogens with zero attached hydrogens (tertiary/aromatic N) is 4. The molecule has 0 aliphatic rings. The van der Waals surface area contributed by atoms with Gasteiger partial charge in [0.05, 0.1) is 15.1 Å². The number of rotatable bonds is 6. The number of hydrogen-bond donors (Lipinski definition) is 2. The van der Waals surface area contributed by atoms with Crippen LogP contribution in [0.3, 0.4) is 0 Å². The largest absolute Gasteiger partial charge is 0.364 e. The van der Waals surface area contributed by atoms with Crippen molar-refractivity contribution >= 4 is 44.0 Å². The van der Waals surface area contributed by atoms with Gasteiger partial charge in [-0.05, 0) is 31.0 Å². The average Bonchev–Trinajstić information content (AvgIpc) is 2.93. The smallest absolute Gasteiger partial charge is 0.353 e. The summed E-state index contributed by atoms with van der Waals surface area (Å²) >= 11 is 1.42. The summed E-state index contributed by atoms with van der Waals surface area (Å²) in [6.07, 6.45) is 2.13. The van der Waals surface area contributed by atoms with Crippen LogP contribution in [0, 0.1) is 17.0 Å². The van der Waals surface area contributed by atoms with Crippen molar-refractivity contribution in [3.05, 3.63) is 40.2 Å². The van der Waals surface area contributed by atoms with E-state index in [4.69, 9.17) is 0 Å². The van der Waals surface area contributed by atoms with Gasteiger partial charge >= 0.3 is 5.69 Å². The van der Waals surface area contributed by atoms with Gasteiger partial charge in [-0.1, -0.05) is 24.3 Å². The highest BCUT2D eigenvalue weighted by atomic mass is 32.1. The number of aromatic nitrogens is 3. The van der Waals surface area contributed by atoms with E-state index in [2.05, 4.69) is 25.6 Å². The number of anilines is 3. The summed E-state index contributed by atoms with van der Waals surface area (Å²) in [6, 6.07) is 5.93. The van der Waals surface area contributed by atoms with Crippen molar-refractivity contribution in [2.24, 2.45) is 0 Å². The number of fused-ring (bicyclic) bond motifs is 1. The molecule has 0 aliphatic heterocycles. The van der Waals surface area contributed by atoms with Crippen LogP contribution >= 0.6 is 11.3 Å². The maximum Gasteiger partial charge on any atom is 0.353 e. The van der Waals surface area contributed by atoms with E-state index in [0.29, 0.717) is 11.7 Å². The van der Waals surface area contributed by atoms with Gasteiger partial charge in [-0.3, -0.25) is 10.1 Å². The lowest BCUT2D eigenvalue weighted by Gasteiger charge is -2.07. The molecule has 0 atom stereocenters. The van der Waals surface area contributed by atoms with E-state index in [9.17, 15) is 10.1 Å². The summed E-state index contributed by atoms with van der Waals surface area (Å²) < 4.78 is 1.01. The molecule has 3 rings (SSSR count). The zero-order chi connectivity index (χ0) is 17.1. The molecule has 0 unspecified atom stereocenters. The Kier molecular flexibility index (Phi) is 4.52. The first-order valence-electron chi connectivity index (χ1n) is 7.46. The van der Waals surface area contributed by atoms with Gasteiger partial charge < -0.3 is 10.6 Å². The van der Waals surface area contributed by atoms with Gasteiger partial charge in [-0.25, -0.2) is 15.0 Å². The zero-order valence-corrected chi connectivity index (χ0v) is 14.1. The number of hydrogen-bond acceptors (Lipinski definition) is 8. The lowest BCUT2D eigenvalue weighted by molar-refractivity contribution is -0.383. The SMILES string of the molecule is CCCNc1ncnc(Nc2nc3ccc(C)cc3s2)c1[N+](=O)[O-]. The van der Waals surface area contributed by atoms with Crippen molar-refractivity contribution in [1.82, 2.24) is 15.0 Å². The first-order valence-corrected chi connectivity index (χ1v) is 8.27. The van der Waals surface area contributed by atoms with Crippen LogP contribution in [0.5, 0.6) is 0 Å². The number of nitrogens with one attached hydrogen (secondary N) is 2. The molecule has 1 aromatic carbocycles. The van der Waals surface area contributed by atoms with Crippen molar-refractivity contribution in [2.45, 2.75) is 20.3 Å². The van der Waals surface area contributed by atoms with E-state index in [1.54, 1.807) is 0 Å². The predicted octanol–water partition coefficient (Wildman–Crippen LogP) is 3.87. The highest BCUT2D eigenvalue weighted by molar-refractivity contribution is 7.22. The summed E-state index contributed by atoms with van der Waals surface area (Å²) in [5, 5.41) is 17.9. The minimum Gasteiger partial charge on any atom is -0.364 e. The highest BCUT2D eigenvalue weighted by Crippen LogP contribution is 2.34. The minimum atomic E-state index is -0.488. The first kappa shape index (κ1) is 16.1. The molecule has 9 heteroatoms. The van der Waals surface area contributed by atoms with Gasteiger partial charge in [0.15, 0.2) is 5.13 Å². The first-order chi connectivity index (χ1) is 11.6. The summed E-state index contributed by atoms with van der Waals surface area (Å²) in [6.45, 7) is 4.58. The Balaban J connectivity index is 1.97. The molecule has 8 nitrogen and oxygen atoms in total. The number of benzene rings is 1. The van der Waals surface area contributed by atoms with Gasteiger partial charge in [-0.15, -0.1) is 0 Å². The summed E-state index contributed by atoms with van der Waals surface area (Å²) in [4.78, 5) is 23.4. The molecule has 0 saturated carbocycles. The van der Waals surface area contributed by atoms with Gasteiger partial charge in [0.1, 0.15) is 6.33 Å². The van der Waals surface area contributed by atoms with Crippen LogP contribution in [-0.2, 0) is 0 Å². The monoisotopic (exact) mass is 344 g/mol. The van der Waals surface area contributed by atoms with E-state index in [1.165, 1.54) is 17.7 Å². The molecular weight excluding hydrogens is 328 g/mol. The highest BCUT2D eigenvalue weighted by Gasteiger charge is 2.23. The molecule has 0 bridgehead atoms. The quantitative estimate of drug-likeness (QED) is 0.516. The second-order valence-corrected chi connectivity index (χ2v) is 6.25. The molecule has 0 radical (unpaired) electrons. The number of nitro groups is 1. The molecule has 0 spiro atoms. The van der Waals surface area contributed by atoms with Crippen LogP contribution in [0.1, 0.15) is 18.9 Å². The van der Waals surface area contributed by atoms with Crippen molar-refractivity contribution in [3.8, 4) is 0 Å². The fraction of sp³-hybridized carbons (Fsp3) is 0.267. The van der Waals surface area contributed by atoms with Gasteiger partial charge in [0, 0.05) is 6.54 Å². The second kappa shape index (κ2) is 6.75. The Morgan fingerprint density at radius 3 is 2.83 bits per heavy atom. The standard InChI is InChI=1S/C15H16N6O2S/c1-3-6-16-13-12(21(22)23)14(18-8-17-13)20-15-19-10-5-4-9(2)7-11(10)24-15/h4-5,7-8H,3,6H2,1-2H3,(H2,16,17,18,19,20). The summed E-state index contributed by atoms with van der Waals surface area (Å²) in [7, 11) is 0. The molecule has 0 aliphatic carbocycles. The Morgan fingerprint density at radius 1 is 1.29 bits per heavy atom. The topological polar surface area (TPSA) is 106 Å². The fourth-order valence-electron chi connectivity index (χ4n) is 2.20. The third-order valence-electron chi connectivity index (χ3n) is 3.32. The van der Waals surface area contributed by atoms with Crippen LogP contribution < -0.4 is 10.6 Å². The molecular formula is C15H16N6O2S. The van der Waals surface area contributed by atoms with E-state index in [0.717, 1.165) is 22.2 Å². The van der Waals surface area contributed by atoms with Crippen molar-refractivity contribution in [1.29, 1.82) is 0 Å². The molecule has 0 amide bonds. The molecule has 0 saturated heterocycles. The number of aryl methyl sites for hydroxylation is 1. The average molecular weight is 344 g/mol. The van der Waals surface area contributed by atoms with E-state index < -0.39 is 4.92 Å². The molecule has 124 valence electrons. The second-order valence-electron chi connectivity index (χ2n) is 5.22. The third-order valence-corrected chi connectivity index (χ3v) is 4.25.